The van der Waals surface area contributed by atoms with Crippen LogP contribution in [0.4, 0.5) is 0 Å². The lowest BCUT2D eigenvalue weighted by molar-refractivity contribution is 0.631. The summed E-state index contributed by atoms with van der Waals surface area (Å²) in [5, 5.41) is 0.698. The van der Waals surface area contributed by atoms with Crippen LogP contribution in [0.25, 0.3) is 0 Å². The molecule has 0 aliphatic heterocycles. The molecule has 0 saturated carbocycles. The lowest BCUT2D eigenvalue weighted by atomic mass is 9.94. The van der Waals surface area contributed by atoms with Crippen molar-refractivity contribution >= 4 is 27.5 Å². The van der Waals surface area contributed by atoms with Crippen LogP contribution in [0, 0.1) is 13.8 Å². The fourth-order valence-electron chi connectivity index (χ4n) is 2.15. The summed E-state index contributed by atoms with van der Waals surface area (Å²) >= 11 is 9.65. The summed E-state index contributed by atoms with van der Waals surface area (Å²) < 4.78 is 0.987. The predicted molar refractivity (Wildman–Crippen MR) is 84.2 cm³/mol. The molecule has 2 aromatic rings. The van der Waals surface area contributed by atoms with E-state index in [1.165, 1.54) is 11.1 Å². The van der Waals surface area contributed by atoms with E-state index in [2.05, 4.69) is 53.4 Å². The number of aryl methyl sites for hydroxylation is 2. The first kappa shape index (κ1) is 14.5. The van der Waals surface area contributed by atoms with Crippen LogP contribution < -0.4 is 11.3 Å². The van der Waals surface area contributed by atoms with Crippen LogP contribution in [0.5, 0.6) is 0 Å². The maximum absolute atomic E-state index is 6.09. The number of hydrogen-bond acceptors (Lipinski definition) is 2. The van der Waals surface area contributed by atoms with Gasteiger partial charge in [-0.2, -0.15) is 0 Å². The fraction of sp³-hybridized carbons (Fsp3) is 0.200. The molecule has 19 heavy (non-hydrogen) atoms. The molecule has 0 aromatic heterocycles. The molecule has 0 saturated heterocycles. The standard InChI is InChI=1S/C15H16BrClN2/c1-9-3-4-10(2)12(7-9)15(19-18)13-8-11(17)5-6-14(13)16/h3-8,15,19H,18H2,1-2H3. The van der Waals surface area contributed by atoms with Gasteiger partial charge in [-0.3, -0.25) is 5.84 Å². The summed E-state index contributed by atoms with van der Waals surface area (Å²) in [5.74, 6) is 5.76. The number of nitrogens with two attached hydrogens (primary N) is 1. The molecule has 100 valence electrons. The third-order valence-electron chi connectivity index (χ3n) is 3.18. The molecule has 0 radical (unpaired) electrons. The Hall–Kier alpha value is -0.870. The molecule has 0 spiro atoms. The van der Waals surface area contributed by atoms with E-state index in [0.717, 1.165) is 15.6 Å². The zero-order valence-corrected chi connectivity index (χ0v) is 13.2. The molecule has 0 bridgehead atoms. The second-order valence-corrected chi connectivity index (χ2v) is 5.92. The van der Waals surface area contributed by atoms with Crippen LogP contribution in [0.15, 0.2) is 40.9 Å². The lowest BCUT2D eigenvalue weighted by Gasteiger charge is -2.21. The van der Waals surface area contributed by atoms with Gasteiger partial charge in [-0.05, 0) is 48.7 Å². The number of halogens is 2. The zero-order valence-electron chi connectivity index (χ0n) is 10.9. The Bertz CT molecular complexity index is 547. The molecule has 0 heterocycles. The molecular weight excluding hydrogens is 324 g/mol. The first-order chi connectivity index (χ1) is 9.02. The van der Waals surface area contributed by atoms with E-state index in [9.17, 15) is 0 Å². The van der Waals surface area contributed by atoms with E-state index in [1.54, 1.807) is 0 Å². The molecule has 0 aliphatic carbocycles. The van der Waals surface area contributed by atoms with Gasteiger partial charge in [-0.25, -0.2) is 5.43 Å². The third-order valence-corrected chi connectivity index (χ3v) is 4.14. The van der Waals surface area contributed by atoms with Crippen molar-refractivity contribution in [3.05, 3.63) is 68.1 Å². The van der Waals surface area contributed by atoms with Crippen molar-refractivity contribution < 1.29 is 0 Å². The Labute approximate surface area is 127 Å². The highest BCUT2D eigenvalue weighted by Gasteiger charge is 2.17. The van der Waals surface area contributed by atoms with E-state index >= 15 is 0 Å². The smallest absolute Gasteiger partial charge is 0.0724 e. The molecule has 0 amide bonds. The topological polar surface area (TPSA) is 38.0 Å². The van der Waals surface area contributed by atoms with Crippen molar-refractivity contribution in [1.82, 2.24) is 5.43 Å². The molecule has 1 atom stereocenters. The van der Waals surface area contributed by atoms with Gasteiger partial charge in [0.2, 0.25) is 0 Å². The summed E-state index contributed by atoms with van der Waals surface area (Å²) in [6.07, 6.45) is 0. The average molecular weight is 340 g/mol. The molecule has 2 nitrogen and oxygen atoms in total. The van der Waals surface area contributed by atoms with Gasteiger partial charge in [0.25, 0.3) is 0 Å². The second kappa shape index (κ2) is 6.06. The highest BCUT2D eigenvalue weighted by molar-refractivity contribution is 9.10. The summed E-state index contributed by atoms with van der Waals surface area (Å²) in [7, 11) is 0. The first-order valence-corrected chi connectivity index (χ1v) is 7.18. The summed E-state index contributed by atoms with van der Waals surface area (Å²) in [6, 6.07) is 12.0. The minimum absolute atomic E-state index is 0.0898. The van der Waals surface area contributed by atoms with E-state index in [1.807, 2.05) is 18.2 Å². The predicted octanol–water partition coefficient (Wildman–Crippen LogP) is 4.27. The van der Waals surface area contributed by atoms with Gasteiger partial charge in [0.1, 0.15) is 0 Å². The minimum Gasteiger partial charge on any atom is -0.271 e. The van der Waals surface area contributed by atoms with Crippen LogP contribution >= 0.6 is 27.5 Å². The van der Waals surface area contributed by atoms with Gasteiger partial charge in [-0.1, -0.05) is 51.3 Å². The Morgan fingerprint density at radius 3 is 2.53 bits per heavy atom. The molecule has 2 rings (SSSR count). The molecule has 0 aliphatic rings. The highest BCUT2D eigenvalue weighted by atomic mass is 79.9. The highest BCUT2D eigenvalue weighted by Crippen LogP contribution is 2.32. The number of rotatable bonds is 3. The summed E-state index contributed by atoms with van der Waals surface area (Å²) in [4.78, 5) is 0. The van der Waals surface area contributed by atoms with Gasteiger partial charge in [0.15, 0.2) is 0 Å². The number of hydrogen-bond donors (Lipinski definition) is 2. The minimum atomic E-state index is -0.0898. The number of benzene rings is 2. The summed E-state index contributed by atoms with van der Waals surface area (Å²) in [5.41, 5.74) is 7.47. The average Bonchev–Trinajstić information content (AvgIpc) is 2.38. The first-order valence-electron chi connectivity index (χ1n) is 6.01. The molecule has 4 heteroatoms. The van der Waals surface area contributed by atoms with Gasteiger partial charge in [0, 0.05) is 9.50 Å². The number of hydrazine groups is 1. The fourth-order valence-corrected chi connectivity index (χ4v) is 2.81. The Morgan fingerprint density at radius 1 is 1.11 bits per heavy atom. The molecule has 0 fully saturated rings. The molecular formula is C15H16BrClN2. The zero-order chi connectivity index (χ0) is 14.0. The molecule has 1 unspecified atom stereocenters. The van der Waals surface area contributed by atoms with Crippen LogP contribution in [-0.4, -0.2) is 0 Å². The van der Waals surface area contributed by atoms with Gasteiger partial charge < -0.3 is 0 Å². The van der Waals surface area contributed by atoms with Crippen molar-refractivity contribution in [2.75, 3.05) is 0 Å². The molecule has 2 aromatic carbocycles. The molecule has 3 N–H and O–H groups in total. The SMILES string of the molecule is Cc1ccc(C)c(C(NN)c2cc(Cl)ccc2Br)c1. The van der Waals surface area contributed by atoms with Crippen LogP contribution in [0.1, 0.15) is 28.3 Å². The summed E-state index contributed by atoms with van der Waals surface area (Å²) in [6.45, 7) is 4.15. The second-order valence-electron chi connectivity index (χ2n) is 4.63. The monoisotopic (exact) mass is 338 g/mol. The quantitative estimate of drug-likeness (QED) is 0.647. The van der Waals surface area contributed by atoms with Crippen molar-refractivity contribution in [3.63, 3.8) is 0 Å². The van der Waals surface area contributed by atoms with Crippen molar-refractivity contribution in [2.24, 2.45) is 5.84 Å². The normalized spacial score (nSPS) is 12.5. The lowest BCUT2D eigenvalue weighted by Crippen LogP contribution is -2.29. The van der Waals surface area contributed by atoms with E-state index in [0.29, 0.717) is 5.02 Å². The van der Waals surface area contributed by atoms with Gasteiger partial charge in [-0.15, -0.1) is 0 Å². The Morgan fingerprint density at radius 2 is 1.84 bits per heavy atom. The van der Waals surface area contributed by atoms with Crippen LogP contribution in [0.3, 0.4) is 0 Å². The Kier molecular flexibility index (Phi) is 4.63. The Balaban J connectivity index is 2.55. The van der Waals surface area contributed by atoms with E-state index in [-0.39, 0.29) is 6.04 Å². The van der Waals surface area contributed by atoms with Crippen LogP contribution in [-0.2, 0) is 0 Å². The maximum atomic E-state index is 6.09. The maximum Gasteiger partial charge on any atom is 0.0724 e. The number of nitrogens with one attached hydrogen (secondary N) is 1. The third kappa shape index (κ3) is 3.18. The van der Waals surface area contributed by atoms with E-state index < -0.39 is 0 Å². The van der Waals surface area contributed by atoms with Crippen molar-refractivity contribution in [1.29, 1.82) is 0 Å². The van der Waals surface area contributed by atoms with Crippen LogP contribution in [0.2, 0.25) is 5.02 Å². The van der Waals surface area contributed by atoms with Crippen molar-refractivity contribution in [3.8, 4) is 0 Å². The largest absolute Gasteiger partial charge is 0.271 e. The van der Waals surface area contributed by atoms with Gasteiger partial charge in [0.05, 0.1) is 6.04 Å². The van der Waals surface area contributed by atoms with E-state index in [4.69, 9.17) is 17.4 Å². The van der Waals surface area contributed by atoms with Gasteiger partial charge >= 0.3 is 0 Å². The van der Waals surface area contributed by atoms with Crippen molar-refractivity contribution in [2.45, 2.75) is 19.9 Å².